The summed E-state index contributed by atoms with van der Waals surface area (Å²) in [6.45, 7) is 3.28. The molecular weight excluding hydrogens is 444 g/mol. The zero-order chi connectivity index (χ0) is 21.3. The van der Waals surface area contributed by atoms with Gasteiger partial charge in [0, 0.05) is 28.8 Å². The molecule has 0 atom stereocenters. The molecule has 0 radical (unpaired) electrons. The van der Waals surface area contributed by atoms with Crippen LogP contribution >= 0.6 is 15.9 Å². The summed E-state index contributed by atoms with van der Waals surface area (Å²) in [6.07, 6.45) is 0. The minimum Gasteiger partial charge on any atom is -0.497 e. The second kappa shape index (κ2) is 10.8. The Morgan fingerprint density at radius 3 is 2.40 bits per heavy atom. The van der Waals surface area contributed by atoms with E-state index in [2.05, 4.69) is 26.6 Å². The second-order valence-electron chi connectivity index (χ2n) is 6.91. The summed E-state index contributed by atoms with van der Waals surface area (Å²) in [5, 5.41) is 6.26. The van der Waals surface area contributed by atoms with Crippen molar-refractivity contribution in [3.05, 3.63) is 87.9 Å². The van der Waals surface area contributed by atoms with Crippen molar-refractivity contribution in [2.45, 2.75) is 20.0 Å². The van der Waals surface area contributed by atoms with Crippen molar-refractivity contribution < 1.29 is 14.3 Å². The first-order valence-electron chi connectivity index (χ1n) is 9.65. The Kier molecular flexibility index (Phi) is 7.88. The average Bonchev–Trinajstić information content (AvgIpc) is 2.75. The number of halogens is 1. The van der Waals surface area contributed by atoms with Crippen molar-refractivity contribution in [1.29, 1.82) is 0 Å². The Labute approximate surface area is 185 Å². The van der Waals surface area contributed by atoms with Gasteiger partial charge in [0.2, 0.25) is 0 Å². The Hall–Kier alpha value is -2.83. The van der Waals surface area contributed by atoms with Gasteiger partial charge in [0.1, 0.15) is 11.5 Å². The van der Waals surface area contributed by atoms with E-state index in [9.17, 15) is 4.79 Å². The fourth-order valence-corrected chi connectivity index (χ4v) is 3.30. The van der Waals surface area contributed by atoms with Crippen LogP contribution in [-0.4, -0.2) is 19.6 Å². The van der Waals surface area contributed by atoms with E-state index >= 15 is 0 Å². The highest BCUT2D eigenvalue weighted by Gasteiger charge is 2.09. The maximum absolute atomic E-state index is 12.2. The highest BCUT2D eigenvalue weighted by Crippen LogP contribution is 2.23. The molecule has 156 valence electrons. The van der Waals surface area contributed by atoms with Gasteiger partial charge in [0.05, 0.1) is 7.11 Å². The predicted molar refractivity (Wildman–Crippen MR) is 123 cm³/mol. The van der Waals surface area contributed by atoms with E-state index in [0.717, 1.165) is 32.6 Å². The van der Waals surface area contributed by atoms with Gasteiger partial charge in [-0.25, -0.2) is 0 Å². The van der Waals surface area contributed by atoms with Crippen LogP contribution in [0.4, 0.5) is 5.69 Å². The third-order valence-corrected chi connectivity index (χ3v) is 5.01. The number of carbonyl (C=O) groups excluding carboxylic acids is 1. The number of aryl methyl sites for hydroxylation is 1. The Balaban J connectivity index is 1.54. The summed E-state index contributed by atoms with van der Waals surface area (Å²) in [4.78, 5) is 12.2. The van der Waals surface area contributed by atoms with Gasteiger partial charge in [-0.15, -0.1) is 0 Å². The number of hydrogen-bond donors (Lipinski definition) is 2. The average molecular weight is 469 g/mol. The highest BCUT2D eigenvalue weighted by molar-refractivity contribution is 9.10. The summed E-state index contributed by atoms with van der Waals surface area (Å²) in [5.74, 6) is 1.32. The van der Waals surface area contributed by atoms with Crippen LogP contribution in [0.2, 0.25) is 0 Å². The fourth-order valence-electron chi connectivity index (χ4n) is 2.89. The number of carbonyl (C=O) groups is 1. The molecule has 0 aliphatic carbocycles. The molecule has 0 bridgehead atoms. The first kappa shape index (κ1) is 21.9. The predicted octanol–water partition coefficient (Wildman–Crippen LogP) is 5.07. The molecule has 6 heteroatoms. The van der Waals surface area contributed by atoms with Gasteiger partial charge in [-0.05, 0) is 55.0 Å². The summed E-state index contributed by atoms with van der Waals surface area (Å²) in [6, 6.07) is 21.4. The van der Waals surface area contributed by atoms with E-state index in [1.54, 1.807) is 7.11 Å². The van der Waals surface area contributed by atoms with Crippen molar-refractivity contribution in [2.75, 3.05) is 19.0 Å². The van der Waals surface area contributed by atoms with Crippen LogP contribution in [0.15, 0.2) is 71.2 Å². The molecule has 0 fully saturated rings. The molecular formula is C24H25BrN2O3. The van der Waals surface area contributed by atoms with Gasteiger partial charge >= 0.3 is 0 Å². The van der Waals surface area contributed by atoms with Crippen LogP contribution < -0.4 is 20.1 Å². The quantitative estimate of drug-likeness (QED) is 0.459. The molecule has 2 N–H and O–H groups in total. The third-order valence-electron chi connectivity index (χ3n) is 4.52. The number of rotatable bonds is 9. The molecule has 0 saturated heterocycles. The largest absolute Gasteiger partial charge is 0.497 e. The van der Waals surface area contributed by atoms with E-state index in [1.165, 1.54) is 0 Å². The summed E-state index contributed by atoms with van der Waals surface area (Å²) >= 11 is 3.50. The molecule has 3 aromatic rings. The van der Waals surface area contributed by atoms with Gasteiger partial charge in [-0.3, -0.25) is 4.79 Å². The summed E-state index contributed by atoms with van der Waals surface area (Å²) in [7, 11) is 1.66. The summed E-state index contributed by atoms with van der Waals surface area (Å²) < 4.78 is 11.9. The first-order valence-corrected chi connectivity index (χ1v) is 10.4. The smallest absolute Gasteiger partial charge is 0.262 e. The lowest BCUT2D eigenvalue weighted by Crippen LogP contribution is -2.21. The molecule has 1 amide bonds. The lowest BCUT2D eigenvalue weighted by Gasteiger charge is -2.13. The van der Waals surface area contributed by atoms with Crippen molar-refractivity contribution >= 4 is 27.5 Å². The van der Waals surface area contributed by atoms with E-state index in [1.807, 2.05) is 73.7 Å². The van der Waals surface area contributed by atoms with Crippen molar-refractivity contribution in [3.63, 3.8) is 0 Å². The van der Waals surface area contributed by atoms with Crippen molar-refractivity contribution in [2.24, 2.45) is 0 Å². The fraction of sp³-hybridized carbons (Fsp3) is 0.208. The highest BCUT2D eigenvalue weighted by atomic mass is 79.9. The van der Waals surface area contributed by atoms with Crippen LogP contribution in [0.5, 0.6) is 11.5 Å². The molecule has 0 aliphatic rings. The number of hydrogen-bond acceptors (Lipinski definition) is 4. The molecule has 5 nitrogen and oxygen atoms in total. The first-order chi connectivity index (χ1) is 14.5. The molecule has 0 aromatic heterocycles. The Morgan fingerprint density at radius 1 is 0.967 bits per heavy atom. The van der Waals surface area contributed by atoms with E-state index in [4.69, 9.17) is 9.47 Å². The zero-order valence-corrected chi connectivity index (χ0v) is 18.7. The van der Waals surface area contributed by atoms with E-state index in [0.29, 0.717) is 18.8 Å². The maximum Gasteiger partial charge on any atom is 0.262 e. The number of methoxy groups -OCH3 is 1. The number of ether oxygens (including phenoxy) is 2. The standard InChI is InChI=1S/C24H25BrN2O3/c1-17-3-8-21(9-4-17)27-24(28)16-30-23-12-7-20(25)13-19(23)15-26-14-18-5-10-22(29-2)11-6-18/h3-13,26H,14-16H2,1-2H3,(H,27,28). The Morgan fingerprint density at radius 2 is 1.70 bits per heavy atom. The topological polar surface area (TPSA) is 59.6 Å². The third kappa shape index (κ3) is 6.61. The molecule has 30 heavy (non-hydrogen) atoms. The SMILES string of the molecule is COc1ccc(CNCc2cc(Br)ccc2OCC(=O)Nc2ccc(C)cc2)cc1. The molecule has 0 spiro atoms. The minimum atomic E-state index is -0.195. The van der Waals surface area contributed by atoms with Crippen LogP contribution in [-0.2, 0) is 17.9 Å². The molecule has 0 aliphatic heterocycles. The lowest BCUT2D eigenvalue weighted by molar-refractivity contribution is -0.118. The normalized spacial score (nSPS) is 10.5. The molecule has 3 aromatic carbocycles. The second-order valence-corrected chi connectivity index (χ2v) is 7.82. The van der Waals surface area contributed by atoms with Gasteiger partial charge in [0.25, 0.3) is 5.91 Å². The number of anilines is 1. The van der Waals surface area contributed by atoms with Gasteiger partial charge in [-0.1, -0.05) is 45.8 Å². The number of benzene rings is 3. The zero-order valence-electron chi connectivity index (χ0n) is 17.1. The van der Waals surface area contributed by atoms with Gasteiger partial charge in [-0.2, -0.15) is 0 Å². The molecule has 0 unspecified atom stereocenters. The van der Waals surface area contributed by atoms with Crippen molar-refractivity contribution in [1.82, 2.24) is 5.32 Å². The van der Waals surface area contributed by atoms with Crippen LogP contribution in [0.3, 0.4) is 0 Å². The van der Waals surface area contributed by atoms with Crippen LogP contribution in [0, 0.1) is 6.92 Å². The van der Waals surface area contributed by atoms with Gasteiger partial charge < -0.3 is 20.1 Å². The Bertz CT molecular complexity index is 973. The monoisotopic (exact) mass is 468 g/mol. The van der Waals surface area contributed by atoms with Crippen LogP contribution in [0.25, 0.3) is 0 Å². The van der Waals surface area contributed by atoms with Crippen LogP contribution in [0.1, 0.15) is 16.7 Å². The number of nitrogens with one attached hydrogen (secondary N) is 2. The van der Waals surface area contributed by atoms with Crippen molar-refractivity contribution in [3.8, 4) is 11.5 Å². The lowest BCUT2D eigenvalue weighted by atomic mass is 10.2. The molecule has 3 rings (SSSR count). The van der Waals surface area contributed by atoms with E-state index in [-0.39, 0.29) is 12.5 Å². The molecule has 0 saturated carbocycles. The minimum absolute atomic E-state index is 0.0546. The summed E-state index contributed by atoms with van der Waals surface area (Å²) in [5.41, 5.74) is 4.03. The number of amides is 1. The van der Waals surface area contributed by atoms with Gasteiger partial charge in [0.15, 0.2) is 6.61 Å². The van der Waals surface area contributed by atoms with E-state index < -0.39 is 0 Å². The molecule has 0 heterocycles. The maximum atomic E-state index is 12.2.